The first-order valence-electron chi connectivity index (χ1n) is 6.69. The Balaban J connectivity index is 2.17. The molecule has 1 N–H and O–H groups in total. The van der Waals surface area contributed by atoms with E-state index in [0.717, 1.165) is 5.56 Å². The van der Waals surface area contributed by atoms with Crippen molar-refractivity contribution in [2.75, 3.05) is 12.4 Å². The predicted octanol–water partition coefficient (Wildman–Crippen LogP) is 3.67. The van der Waals surface area contributed by atoms with E-state index in [1.54, 1.807) is 11.4 Å². The van der Waals surface area contributed by atoms with E-state index in [4.69, 9.17) is 4.74 Å². The molecule has 4 nitrogen and oxygen atoms in total. The highest BCUT2D eigenvalue weighted by Crippen LogP contribution is 2.26. The van der Waals surface area contributed by atoms with Crippen molar-refractivity contribution in [2.24, 2.45) is 0 Å². The Morgan fingerprint density at radius 3 is 2.57 bits per heavy atom. The first-order chi connectivity index (χ1) is 10.2. The largest absolute Gasteiger partial charge is 0.465 e. The molecule has 0 spiro atoms. The third kappa shape index (κ3) is 3.49. The molecule has 21 heavy (non-hydrogen) atoms. The number of carbonyl (C=O) groups is 2. The minimum absolute atomic E-state index is 0.118. The van der Waals surface area contributed by atoms with Gasteiger partial charge in [-0.05, 0) is 23.4 Å². The molecule has 5 heteroatoms. The van der Waals surface area contributed by atoms with Crippen molar-refractivity contribution in [1.82, 2.24) is 0 Å². The summed E-state index contributed by atoms with van der Waals surface area (Å²) in [5.74, 6) is -0.795. The summed E-state index contributed by atoms with van der Waals surface area (Å²) in [5.41, 5.74) is 1.47. The van der Waals surface area contributed by atoms with Gasteiger partial charge < -0.3 is 10.1 Å². The molecule has 1 amide bonds. The zero-order chi connectivity index (χ0) is 15.2. The summed E-state index contributed by atoms with van der Waals surface area (Å²) >= 11 is 1.25. The zero-order valence-corrected chi connectivity index (χ0v) is 12.8. The Morgan fingerprint density at radius 2 is 1.95 bits per heavy atom. The molecule has 0 radical (unpaired) electrons. The van der Waals surface area contributed by atoms with Crippen LogP contribution in [0.1, 0.15) is 34.5 Å². The first kappa shape index (κ1) is 15.3. The molecule has 0 unspecified atom stereocenters. The number of benzene rings is 1. The number of hydrogen-bond acceptors (Lipinski definition) is 4. The topological polar surface area (TPSA) is 55.4 Å². The van der Waals surface area contributed by atoms with Crippen LogP contribution >= 0.6 is 11.3 Å². The van der Waals surface area contributed by atoms with Crippen LogP contribution in [0.25, 0.3) is 0 Å². The molecule has 110 valence electrons. The molecule has 0 aliphatic rings. The average Bonchev–Trinajstić information content (AvgIpc) is 2.96. The molecule has 0 bridgehead atoms. The van der Waals surface area contributed by atoms with Gasteiger partial charge in [-0.15, -0.1) is 11.3 Å². The maximum Gasteiger partial charge on any atom is 0.350 e. The van der Waals surface area contributed by atoms with Crippen molar-refractivity contribution in [1.29, 1.82) is 0 Å². The highest BCUT2D eigenvalue weighted by atomic mass is 32.1. The number of ether oxygens (including phenoxy) is 1. The summed E-state index contributed by atoms with van der Waals surface area (Å²) in [6.45, 7) is 1.96. The number of rotatable bonds is 5. The molecule has 1 aromatic heterocycles. The Kier molecular flexibility index (Phi) is 5.11. The van der Waals surface area contributed by atoms with E-state index in [2.05, 4.69) is 5.32 Å². The average molecular weight is 303 g/mol. The molecule has 0 aliphatic heterocycles. The fraction of sp³-hybridized carbons (Fsp3) is 0.250. The van der Waals surface area contributed by atoms with Crippen LogP contribution in [-0.4, -0.2) is 19.0 Å². The number of hydrogen-bond donors (Lipinski definition) is 1. The maximum absolute atomic E-state index is 12.4. The molecule has 2 rings (SSSR count). The lowest BCUT2D eigenvalue weighted by Crippen LogP contribution is -2.21. The van der Waals surface area contributed by atoms with E-state index >= 15 is 0 Å². The number of esters is 1. The van der Waals surface area contributed by atoms with E-state index in [-0.39, 0.29) is 11.8 Å². The molecule has 0 aliphatic carbocycles. The van der Waals surface area contributed by atoms with Gasteiger partial charge in [0.05, 0.1) is 18.7 Å². The van der Waals surface area contributed by atoms with Gasteiger partial charge in [-0.25, -0.2) is 4.79 Å². The third-order valence-corrected chi connectivity index (χ3v) is 4.12. The molecule has 1 atom stereocenters. The van der Waals surface area contributed by atoms with Crippen LogP contribution in [0.2, 0.25) is 0 Å². The van der Waals surface area contributed by atoms with Gasteiger partial charge in [-0.3, -0.25) is 4.79 Å². The summed E-state index contributed by atoms with van der Waals surface area (Å²) < 4.78 is 4.71. The summed E-state index contributed by atoms with van der Waals surface area (Å²) in [4.78, 5) is 24.5. The summed E-state index contributed by atoms with van der Waals surface area (Å²) in [5, 5.41) is 4.58. The molecular weight excluding hydrogens is 286 g/mol. The molecule has 1 aromatic carbocycles. The fourth-order valence-corrected chi connectivity index (χ4v) is 2.90. The van der Waals surface area contributed by atoms with E-state index in [9.17, 15) is 9.59 Å². The predicted molar refractivity (Wildman–Crippen MR) is 83.8 cm³/mol. The van der Waals surface area contributed by atoms with E-state index in [1.807, 2.05) is 37.3 Å². The Bertz CT molecular complexity index is 621. The molecular formula is C16H17NO3S. The van der Waals surface area contributed by atoms with Gasteiger partial charge in [0.1, 0.15) is 4.88 Å². The van der Waals surface area contributed by atoms with Gasteiger partial charge in [0.2, 0.25) is 5.91 Å². The quantitative estimate of drug-likeness (QED) is 0.857. The molecule has 0 fully saturated rings. The number of methoxy groups -OCH3 is 1. The molecule has 0 saturated carbocycles. The Labute approximate surface area is 127 Å². The minimum Gasteiger partial charge on any atom is -0.465 e. The van der Waals surface area contributed by atoms with Crippen LogP contribution in [0.3, 0.4) is 0 Å². The van der Waals surface area contributed by atoms with Gasteiger partial charge in [-0.1, -0.05) is 37.3 Å². The van der Waals surface area contributed by atoms with E-state index in [0.29, 0.717) is 17.0 Å². The van der Waals surface area contributed by atoms with Crippen molar-refractivity contribution >= 4 is 28.9 Å². The Morgan fingerprint density at radius 1 is 1.24 bits per heavy atom. The number of nitrogens with one attached hydrogen (secondary N) is 1. The summed E-state index contributed by atoms with van der Waals surface area (Å²) in [6, 6.07) is 11.3. The number of thiophene rings is 1. The minimum atomic E-state index is -0.437. The van der Waals surface area contributed by atoms with Gasteiger partial charge >= 0.3 is 5.97 Å². The van der Waals surface area contributed by atoms with Gasteiger partial charge in [0.15, 0.2) is 0 Å². The van der Waals surface area contributed by atoms with Crippen LogP contribution in [0, 0.1) is 0 Å². The van der Waals surface area contributed by atoms with Crippen LogP contribution in [0.4, 0.5) is 5.69 Å². The monoisotopic (exact) mass is 303 g/mol. The summed E-state index contributed by atoms with van der Waals surface area (Å²) in [7, 11) is 1.33. The lowest BCUT2D eigenvalue weighted by atomic mass is 9.95. The van der Waals surface area contributed by atoms with Crippen LogP contribution in [0.15, 0.2) is 41.8 Å². The number of amides is 1. The highest BCUT2D eigenvalue weighted by molar-refractivity contribution is 7.12. The second-order valence-electron chi connectivity index (χ2n) is 4.52. The number of anilines is 1. The van der Waals surface area contributed by atoms with E-state index in [1.165, 1.54) is 18.4 Å². The van der Waals surface area contributed by atoms with Crippen molar-refractivity contribution in [3.05, 3.63) is 52.2 Å². The number of carbonyl (C=O) groups excluding carboxylic acids is 2. The lowest BCUT2D eigenvalue weighted by molar-refractivity contribution is -0.117. The fourth-order valence-electron chi connectivity index (χ4n) is 2.14. The van der Waals surface area contributed by atoms with E-state index < -0.39 is 5.97 Å². The Hall–Kier alpha value is -2.14. The summed E-state index contributed by atoms with van der Waals surface area (Å²) in [6.07, 6.45) is 0.688. The SMILES string of the molecule is CC[C@H](C(=O)Nc1ccsc1C(=O)OC)c1ccccc1. The van der Waals surface area contributed by atoms with Crippen LogP contribution in [0.5, 0.6) is 0 Å². The van der Waals surface area contributed by atoms with Gasteiger partial charge in [0, 0.05) is 0 Å². The van der Waals surface area contributed by atoms with Crippen LogP contribution < -0.4 is 5.32 Å². The standard InChI is InChI=1S/C16H17NO3S/c1-3-12(11-7-5-4-6-8-11)15(18)17-13-9-10-21-14(13)16(19)20-2/h4-10,12H,3H2,1-2H3,(H,17,18)/t12-/m0/s1. The van der Waals surface area contributed by atoms with Crippen LogP contribution in [-0.2, 0) is 9.53 Å². The smallest absolute Gasteiger partial charge is 0.350 e. The molecule has 0 saturated heterocycles. The van der Waals surface area contributed by atoms with Crippen molar-refractivity contribution in [3.8, 4) is 0 Å². The lowest BCUT2D eigenvalue weighted by Gasteiger charge is -2.15. The second kappa shape index (κ2) is 7.04. The maximum atomic E-state index is 12.4. The first-order valence-corrected chi connectivity index (χ1v) is 7.57. The van der Waals surface area contributed by atoms with Gasteiger partial charge in [-0.2, -0.15) is 0 Å². The normalized spacial score (nSPS) is 11.7. The molecule has 2 aromatic rings. The third-order valence-electron chi connectivity index (χ3n) is 3.22. The van der Waals surface area contributed by atoms with Crippen molar-refractivity contribution in [2.45, 2.75) is 19.3 Å². The van der Waals surface area contributed by atoms with Gasteiger partial charge in [0.25, 0.3) is 0 Å². The second-order valence-corrected chi connectivity index (χ2v) is 5.43. The van der Waals surface area contributed by atoms with Crippen molar-refractivity contribution in [3.63, 3.8) is 0 Å². The van der Waals surface area contributed by atoms with Crippen molar-refractivity contribution < 1.29 is 14.3 Å². The zero-order valence-electron chi connectivity index (χ0n) is 12.0. The molecule has 1 heterocycles. The highest BCUT2D eigenvalue weighted by Gasteiger charge is 2.21.